The zero-order valence-corrected chi connectivity index (χ0v) is 28.0. The van der Waals surface area contributed by atoms with Crippen LogP contribution in [0.15, 0.2) is 170 Å². The Balaban J connectivity index is 1.17. The number of ether oxygens (including phenoxy) is 2. The lowest BCUT2D eigenvalue weighted by Crippen LogP contribution is -2.73. The molecule has 1 unspecified atom stereocenters. The molecule has 0 bridgehead atoms. The second kappa shape index (κ2) is 11.1. The number of para-hydroxylation sites is 2. The molecule has 1 spiro atoms. The first-order valence-electron chi connectivity index (χ1n) is 19.2. The minimum absolute atomic E-state index is 0.0211. The third-order valence-electron chi connectivity index (χ3n) is 11.2. The van der Waals surface area contributed by atoms with Crippen LogP contribution >= 0.6 is 0 Å². The average Bonchev–Trinajstić information content (AvgIpc) is 3.22. The van der Waals surface area contributed by atoms with E-state index < -0.39 is 12.3 Å². The van der Waals surface area contributed by atoms with Gasteiger partial charge in [0.15, 0.2) is 0 Å². The molecule has 1 saturated heterocycles. The Kier molecular flexibility index (Phi) is 5.70. The summed E-state index contributed by atoms with van der Waals surface area (Å²) in [6.07, 6.45) is 24.8. The van der Waals surface area contributed by atoms with E-state index in [4.69, 9.17) is 18.6 Å². The number of allylic oxidation sites excluding steroid dienone is 8. The van der Waals surface area contributed by atoms with E-state index in [1.807, 2.05) is 54.6 Å². The first kappa shape index (κ1) is 26.6. The van der Waals surface area contributed by atoms with Gasteiger partial charge in [-0.25, -0.2) is 4.98 Å². The largest absolute Gasteiger partial charge is 0.456 e. The SMILES string of the molecule is [2H]C([2H])([2H])c1ccc2c(c1C1=CB3N4C=CC=CB4N4C=CC=CB4N4C=CC=CB4N3C=C1)Oc1ccccc1C21c2ccccc2Oc2ncccc21. The second-order valence-corrected chi connectivity index (χ2v) is 13.7. The van der Waals surface area contributed by atoms with Crippen molar-refractivity contribution in [2.24, 2.45) is 0 Å². The van der Waals surface area contributed by atoms with Crippen LogP contribution in [0.5, 0.6) is 23.1 Å². The molecular formula is C41H31B4N5O2. The molecule has 3 aromatic carbocycles. The van der Waals surface area contributed by atoms with Crippen LogP contribution in [0.25, 0.3) is 5.57 Å². The first-order chi connectivity index (χ1) is 26.9. The topological polar surface area (TPSA) is 44.3 Å². The van der Waals surface area contributed by atoms with Gasteiger partial charge in [-0.2, -0.15) is 0 Å². The summed E-state index contributed by atoms with van der Waals surface area (Å²) < 4.78 is 49.5. The molecule has 244 valence electrons. The maximum Gasteiger partial charge on any atom is 0.381 e. The lowest BCUT2D eigenvalue weighted by molar-refractivity contribution is 0.389. The summed E-state index contributed by atoms with van der Waals surface area (Å²) in [6, 6.07) is 23.7. The van der Waals surface area contributed by atoms with Gasteiger partial charge >= 0.3 is 27.9 Å². The predicted molar refractivity (Wildman–Crippen MR) is 210 cm³/mol. The number of nitrogens with zero attached hydrogens (tertiary/aromatic N) is 5. The Morgan fingerprint density at radius 3 is 1.87 bits per heavy atom. The third kappa shape index (κ3) is 3.99. The van der Waals surface area contributed by atoms with Crippen molar-refractivity contribution < 1.29 is 13.6 Å². The summed E-state index contributed by atoms with van der Waals surface area (Å²) in [5, 5.41) is 0. The molecule has 4 aromatic rings. The zero-order chi connectivity index (χ0) is 36.9. The Morgan fingerprint density at radius 2 is 1.19 bits per heavy atom. The molecule has 0 radical (unpaired) electrons. The number of rotatable bonds is 1. The van der Waals surface area contributed by atoms with Crippen LogP contribution in [0.4, 0.5) is 0 Å². The Labute approximate surface area is 309 Å². The number of fused-ring (bicyclic) bond motifs is 16. The molecule has 7 aliphatic heterocycles. The van der Waals surface area contributed by atoms with E-state index in [0.29, 0.717) is 28.7 Å². The van der Waals surface area contributed by atoms with Crippen molar-refractivity contribution in [3.8, 4) is 23.1 Å². The summed E-state index contributed by atoms with van der Waals surface area (Å²) in [4.78, 5) is 4.72. The molecule has 7 nitrogen and oxygen atoms in total. The molecule has 1 atom stereocenters. The molecule has 0 N–H and O–H groups in total. The molecule has 0 aliphatic carbocycles. The molecule has 8 heterocycles. The van der Waals surface area contributed by atoms with E-state index in [9.17, 15) is 0 Å². The van der Waals surface area contributed by atoms with Crippen LogP contribution in [0, 0.1) is 6.85 Å². The number of benzene rings is 3. The Bertz CT molecular complexity index is 2460. The number of hydrogen-bond donors (Lipinski definition) is 0. The summed E-state index contributed by atoms with van der Waals surface area (Å²) in [5.74, 6) is 11.2. The van der Waals surface area contributed by atoms with Gasteiger partial charge in [-0.05, 0) is 85.3 Å². The number of pyridine rings is 1. The second-order valence-electron chi connectivity index (χ2n) is 13.7. The van der Waals surface area contributed by atoms with Gasteiger partial charge in [0.05, 0.1) is 5.41 Å². The summed E-state index contributed by atoms with van der Waals surface area (Å²) in [5.41, 5.74) is 4.17. The maximum absolute atomic E-state index is 8.89. The highest BCUT2D eigenvalue weighted by atomic mass is 16.5. The summed E-state index contributed by atoms with van der Waals surface area (Å²) in [6.45, 7) is -3.00. The highest BCUT2D eigenvalue weighted by Gasteiger charge is 2.53. The molecule has 1 fully saturated rings. The van der Waals surface area contributed by atoms with E-state index in [0.717, 1.165) is 27.8 Å². The van der Waals surface area contributed by atoms with Crippen LogP contribution in [0.1, 0.15) is 37.5 Å². The van der Waals surface area contributed by atoms with Gasteiger partial charge in [0.1, 0.15) is 17.2 Å². The van der Waals surface area contributed by atoms with E-state index in [1.54, 1.807) is 12.3 Å². The van der Waals surface area contributed by atoms with Gasteiger partial charge in [0.2, 0.25) is 5.88 Å². The van der Waals surface area contributed by atoms with Crippen molar-refractivity contribution in [1.29, 1.82) is 0 Å². The van der Waals surface area contributed by atoms with E-state index in [-0.39, 0.29) is 33.5 Å². The van der Waals surface area contributed by atoms with Crippen molar-refractivity contribution in [2.75, 3.05) is 0 Å². The van der Waals surface area contributed by atoms with E-state index >= 15 is 0 Å². The Hall–Kier alpha value is -6.21. The van der Waals surface area contributed by atoms with Gasteiger partial charge in [-0.15, -0.1) is 0 Å². The average molecular weight is 672 g/mol. The standard InChI is InChI=1S/C41H31B4N5O2/c1-30-18-19-34-39(51-36-16-4-2-13-32(36)41(34)33-14-3-5-17-37(33)52-40-35(41)15-12-24-46-40)38(30)31-20-28-50-44-23-7-10-26-48(44)42-21-6-9-25-47(42)43-22-8-11-27-49(43)45(50)29-31/h2-29H,1H3/i1D3. The van der Waals surface area contributed by atoms with Gasteiger partial charge in [0, 0.05) is 38.1 Å². The molecule has 0 saturated carbocycles. The fourth-order valence-electron chi connectivity index (χ4n) is 9.05. The fraction of sp³-hybridized carbons (Fsp3) is 0.0488. The summed E-state index contributed by atoms with van der Waals surface area (Å²) >= 11 is 0. The van der Waals surface area contributed by atoms with Gasteiger partial charge in [-0.1, -0.05) is 96.7 Å². The fourth-order valence-corrected chi connectivity index (χ4v) is 9.05. The first-order valence-corrected chi connectivity index (χ1v) is 17.7. The van der Waals surface area contributed by atoms with Gasteiger partial charge in [0.25, 0.3) is 0 Å². The van der Waals surface area contributed by atoms with Gasteiger partial charge < -0.3 is 28.4 Å². The lowest BCUT2D eigenvalue weighted by Gasteiger charge is -2.53. The number of aromatic nitrogens is 1. The van der Waals surface area contributed by atoms with Crippen molar-refractivity contribution in [3.05, 3.63) is 204 Å². The molecule has 0 amide bonds. The molecule has 11 rings (SSSR count). The van der Waals surface area contributed by atoms with Crippen molar-refractivity contribution >= 4 is 33.5 Å². The number of hydrogen-bond acceptors (Lipinski definition) is 7. The van der Waals surface area contributed by atoms with Crippen LogP contribution in [-0.2, 0) is 5.41 Å². The number of aryl methyl sites for hydroxylation is 1. The molecule has 11 heteroatoms. The lowest BCUT2D eigenvalue weighted by atomic mass is 9.41. The van der Waals surface area contributed by atoms with Gasteiger partial charge in [-0.3, -0.25) is 0 Å². The molecule has 1 aromatic heterocycles. The molecule has 7 aliphatic rings. The smallest absolute Gasteiger partial charge is 0.381 e. The highest BCUT2D eigenvalue weighted by molar-refractivity contribution is 6.92. The van der Waals surface area contributed by atoms with E-state index in [1.165, 1.54) is 0 Å². The third-order valence-corrected chi connectivity index (χ3v) is 11.2. The predicted octanol–water partition coefficient (Wildman–Crippen LogP) is 7.48. The maximum atomic E-state index is 8.89. The van der Waals surface area contributed by atoms with E-state index in [2.05, 4.69) is 122 Å². The Morgan fingerprint density at radius 1 is 0.596 bits per heavy atom. The summed E-state index contributed by atoms with van der Waals surface area (Å²) in [7, 11) is 0. The minimum Gasteiger partial charge on any atom is -0.456 e. The van der Waals surface area contributed by atoms with Crippen molar-refractivity contribution in [3.63, 3.8) is 0 Å². The van der Waals surface area contributed by atoms with Crippen LogP contribution in [0.2, 0.25) is 0 Å². The van der Waals surface area contributed by atoms with Crippen LogP contribution in [0.3, 0.4) is 0 Å². The van der Waals surface area contributed by atoms with Crippen molar-refractivity contribution in [1.82, 2.24) is 23.9 Å². The van der Waals surface area contributed by atoms with Crippen molar-refractivity contribution in [2.45, 2.75) is 12.3 Å². The highest BCUT2D eigenvalue weighted by Crippen LogP contribution is 2.62. The minimum atomic E-state index is -2.44. The van der Waals surface area contributed by atoms with Crippen LogP contribution in [-0.4, -0.2) is 51.8 Å². The quantitative estimate of drug-likeness (QED) is 0.168. The molecular weight excluding hydrogens is 638 g/mol. The monoisotopic (exact) mass is 672 g/mol. The molecule has 52 heavy (non-hydrogen) atoms. The zero-order valence-electron chi connectivity index (χ0n) is 31.0. The van der Waals surface area contributed by atoms with Crippen LogP contribution < -0.4 is 9.47 Å². The normalized spacial score (nSPS) is 21.9.